The van der Waals surface area contributed by atoms with Crippen molar-refractivity contribution in [2.24, 2.45) is 0 Å². The Morgan fingerprint density at radius 1 is 1.09 bits per heavy atom. The van der Waals surface area contributed by atoms with Crippen molar-refractivity contribution in [2.45, 2.75) is 43.8 Å². The highest BCUT2D eigenvalue weighted by atomic mass is 32.2. The van der Waals surface area contributed by atoms with Crippen LogP contribution in [-0.4, -0.2) is 66.8 Å². The van der Waals surface area contributed by atoms with Gasteiger partial charge in [0.1, 0.15) is 0 Å². The second kappa shape index (κ2) is 10.6. The highest BCUT2D eigenvalue weighted by Gasteiger charge is 2.47. The molecule has 1 heterocycles. The molecular formula is C26H31N3O5S. The van der Waals surface area contributed by atoms with Crippen LogP contribution < -0.4 is 4.72 Å². The molecule has 1 aliphatic heterocycles. The molecule has 1 aliphatic carbocycles. The Kier molecular flexibility index (Phi) is 7.57. The van der Waals surface area contributed by atoms with Crippen LogP contribution in [-0.2, 0) is 21.4 Å². The molecule has 1 saturated carbocycles. The maximum absolute atomic E-state index is 12.1. The van der Waals surface area contributed by atoms with E-state index >= 15 is 0 Å². The fraction of sp³-hybridized carbons (Fsp3) is 0.385. The lowest BCUT2D eigenvalue weighted by atomic mass is 10.0. The largest absolute Gasteiger partial charge is 0.465 e. The summed E-state index contributed by atoms with van der Waals surface area (Å²) < 4.78 is 24.1. The van der Waals surface area contributed by atoms with E-state index in [1.807, 2.05) is 47.2 Å². The first kappa shape index (κ1) is 24.9. The summed E-state index contributed by atoms with van der Waals surface area (Å²) >= 11 is 0. The average molecular weight is 498 g/mol. The number of nitrogens with one attached hydrogen (secondary N) is 1. The topological polar surface area (TPSA) is 107 Å². The first-order valence-corrected chi connectivity index (χ1v) is 13.7. The molecular weight excluding hydrogens is 466 g/mol. The molecule has 2 aromatic rings. The van der Waals surface area contributed by atoms with Crippen molar-refractivity contribution in [1.29, 1.82) is 0 Å². The zero-order valence-corrected chi connectivity index (χ0v) is 20.5. The predicted octanol–water partition coefficient (Wildman–Crippen LogP) is 3.28. The first-order valence-electron chi connectivity index (χ1n) is 11.8. The minimum atomic E-state index is -3.57. The monoisotopic (exact) mass is 497 g/mol. The Morgan fingerprint density at radius 3 is 2.34 bits per heavy atom. The molecule has 4 rings (SSSR count). The maximum atomic E-state index is 12.1. The first-order chi connectivity index (χ1) is 16.7. The van der Waals surface area contributed by atoms with Gasteiger partial charge < -0.3 is 10.0 Å². The molecule has 2 atom stereocenters. The van der Waals surface area contributed by atoms with Crippen molar-refractivity contribution < 1.29 is 23.1 Å². The van der Waals surface area contributed by atoms with E-state index in [1.54, 1.807) is 11.0 Å². The average Bonchev–Trinajstić information content (AvgIpc) is 3.59. The fourth-order valence-corrected chi connectivity index (χ4v) is 5.29. The summed E-state index contributed by atoms with van der Waals surface area (Å²) in [6.45, 7) is 2.45. The number of carbonyl (C=O) groups is 2. The third kappa shape index (κ3) is 6.93. The standard InChI is InChI=1S/C26H31N3O5S/c1-35(33,34)27-25(30)12-11-19-7-9-20(10-8-19)18-28-15-13-22(14-16-28)29(26(31)32)24-17-23(24)21-5-3-2-4-6-21/h2-12,22-24H,13-18H2,1H3,(H,27,30)(H,31,32)/b12-11+/t23-,24+/m0/s1. The van der Waals surface area contributed by atoms with E-state index in [9.17, 15) is 23.1 Å². The van der Waals surface area contributed by atoms with Crippen LogP contribution in [0.4, 0.5) is 4.79 Å². The zero-order chi connectivity index (χ0) is 25.0. The SMILES string of the molecule is CS(=O)(=O)NC(=O)/C=C/c1ccc(CN2CCC(N(C(=O)O)[C@@H]3C[C@H]3c3ccccc3)CC2)cc1. The van der Waals surface area contributed by atoms with E-state index in [1.165, 1.54) is 11.6 Å². The number of carbonyl (C=O) groups excluding carboxylic acids is 1. The Bertz CT molecular complexity index is 1170. The van der Waals surface area contributed by atoms with Gasteiger partial charge in [-0.15, -0.1) is 0 Å². The van der Waals surface area contributed by atoms with Gasteiger partial charge >= 0.3 is 6.09 Å². The highest BCUT2D eigenvalue weighted by molar-refractivity contribution is 7.89. The Hall–Kier alpha value is -3.17. The van der Waals surface area contributed by atoms with Gasteiger partial charge in [-0.1, -0.05) is 54.6 Å². The summed E-state index contributed by atoms with van der Waals surface area (Å²) in [4.78, 5) is 27.7. The fourth-order valence-electron chi connectivity index (χ4n) is 4.85. The molecule has 0 spiro atoms. The molecule has 0 radical (unpaired) electrons. The molecule has 0 bridgehead atoms. The summed E-state index contributed by atoms with van der Waals surface area (Å²) in [7, 11) is -3.57. The van der Waals surface area contributed by atoms with Crippen LogP contribution >= 0.6 is 0 Å². The summed E-state index contributed by atoms with van der Waals surface area (Å²) in [6, 6.07) is 18.0. The van der Waals surface area contributed by atoms with E-state index in [-0.39, 0.29) is 12.1 Å². The van der Waals surface area contributed by atoms with Crippen molar-refractivity contribution in [3.05, 3.63) is 77.4 Å². The Balaban J connectivity index is 1.27. The van der Waals surface area contributed by atoms with Crippen LogP contribution in [0.25, 0.3) is 6.08 Å². The van der Waals surface area contributed by atoms with Gasteiger partial charge in [-0.05, 0) is 42.0 Å². The van der Waals surface area contributed by atoms with E-state index in [0.717, 1.165) is 56.3 Å². The van der Waals surface area contributed by atoms with Crippen LogP contribution in [0.15, 0.2) is 60.7 Å². The molecule has 2 aromatic carbocycles. The smallest absolute Gasteiger partial charge is 0.407 e. The van der Waals surface area contributed by atoms with Crippen LogP contribution in [0.5, 0.6) is 0 Å². The summed E-state index contributed by atoms with van der Waals surface area (Å²) in [6.07, 6.45) is 5.41. The van der Waals surface area contributed by atoms with E-state index in [4.69, 9.17) is 0 Å². The maximum Gasteiger partial charge on any atom is 0.407 e. The molecule has 2 N–H and O–H groups in total. The number of rotatable bonds is 8. The molecule has 2 aliphatic rings. The van der Waals surface area contributed by atoms with E-state index < -0.39 is 22.0 Å². The molecule has 1 saturated heterocycles. The molecule has 186 valence electrons. The second-order valence-corrected chi connectivity index (χ2v) is 11.1. The minimum absolute atomic E-state index is 0.0491. The number of piperidine rings is 1. The third-order valence-electron chi connectivity index (χ3n) is 6.61. The van der Waals surface area contributed by atoms with Gasteiger partial charge in [-0.25, -0.2) is 17.9 Å². The summed E-state index contributed by atoms with van der Waals surface area (Å²) in [5.74, 6) is -0.383. The van der Waals surface area contributed by atoms with Gasteiger partial charge in [0.05, 0.1) is 6.26 Å². The second-order valence-electron chi connectivity index (χ2n) is 9.33. The number of nitrogens with zero attached hydrogens (tertiary/aromatic N) is 2. The third-order valence-corrected chi connectivity index (χ3v) is 7.18. The number of hydrogen-bond donors (Lipinski definition) is 2. The van der Waals surface area contributed by atoms with Gasteiger partial charge in [0.15, 0.2) is 0 Å². The summed E-state index contributed by atoms with van der Waals surface area (Å²) in [5.41, 5.74) is 3.14. The van der Waals surface area contributed by atoms with Crippen LogP contribution in [0.2, 0.25) is 0 Å². The zero-order valence-electron chi connectivity index (χ0n) is 19.7. The molecule has 8 nitrogen and oxygen atoms in total. The van der Waals surface area contributed by atoms with Gasteiger partial charge in [0.2, 0.25) is 10.0 Å². The minimum Gasteiger partial charge on any atom is -0.465 e. The van der Waals surface area contributed by atoms with Crippen molar-refractivity contribution in [3.8, 4) is 0 Å². The normalized spacial score (nSPS) is 21.1. The quantitative estimate of drug-likeness (QED) is 0.542. The van der Waals surface area contributed by atoms with Crippen LogP contribution in [0.3, 0.4) is 0 Å². The molecule has 35 heavy (non-hydrogen) atoms. The predicted molar refractivity (Wildman–Crippen MR) is 134 cm³/mol. The van der Waals surface area contributed by atoms with Crippen LogP contribution in [0.1, 0.15) is 41.9 Å². The number of sulfonamides is 1. The van der Waals surface area contributed by atoms with E-state index in [2.05, 4.69) is 17.0 Å². The van der Waals surface area contributed by atoms with Crippen molar-refractivity contribution in [1.82, 2.24) is 14.5 Å². The van der Waals surface area contributed by atoms with Crippen molar-refractivity contribution >= 4 is 28.1 Å². The Labute approximate surface area is 206 Å². The van der Waals surface area contributed by atoms with Gasteiger partial charge in [-0.2, -0.15) is 0 Å². The molecule has 9 heteroatoms. The molecule has 2 fully saturated rings. The molecule has 0 unspecified atom stereocenters. The summed E-state index contributed by atoms with van der Waals surface area (Å²) in [5, 5.41) is 9.91. The number of likely N-dealkylation sites (tertiary alicyclic amines) is 1. The van der Waals surface area contributed by atoms with Gasteiger partial charge in [-0.3, -0.25) is 9.69 Å². The number of carboxylic acid groups (broad SMARTS) is 1. The lowest BCUT2D eigenvalue weighted by Crippen LogP contribution is -2.48. The van der Waals surface area contributed by atoms with Gasteiger partial charge in [0.25, 0.3) is 5.91 Å². The van der Waals surface area contributed by atoms with Gasteiger partial charge in [0, 0.05) is 43.7 Å². The van der Waals surface area contributed by atoms with E-state index in [0.29, 0.717) is 5.92 Å². The number of benzene rings is 2. The van der Waals surface area contributed by atoms with Crippen molar-refractivity contribution in [3.63, 3.8) is 0 Å². The highest BCUT2D eigenvalue weighted by Crippen LogP contribution is 2.46. The Morgan fingerprint density at radius 2 is 1.74 bits per heavy atom. The lowest BCUT2D eigenvalue weighted by Gasteiger charge is -2.37. The molecule has 2 amide bonds. The van der Waals surface area contributed by atoms with Crippen molar-refractivity contribution in [2.75, 3.05) is 19.3 Å². The lowest BCUT2D eigenvalue weighted by molar-refractivity contribution is -0.114. The number of hydrogen-bond acceptors (Lipinski definition) is 5. The number of amides is 2. The van der Waals surface area contributed by atoms with Crippen LogP contribution in [0, 0.1) is 0 Å². The molecule has 0 aromatic heterocycles.